The van der Waals surface area contributed by atoms with Crippen LogP contribution in [0.4, 0.5) is 0 Å². The lowest BCUT2D eigenvalue weighted by molar-refractivity contribution is 0.224. The maximum Gasteiger partial charge on any atom is 0.140 e. The van der Waals surface area contributed by atoms with Crippen molar-refractivity contribution in [3.05, 3.63) is 30.1 Å². The molecule has 0 saturated carbocycles. The highest BCUT2D eigenvalue weighted by atomic mass is 16.3. The van der Waals surface area contributed by atoms with Crippen LogP contribution in [0.5, 0.6) is 0 Å². The molecular weight excluding hydrogens is 250 g/mol. The number of aliphatic hydroxyl groups excluding tert-OH is 1. The molecule has 0 spiro atoms. The van der Waals surface area contributed by atoms with E-state index in [0.29, 0.717) is 0 Å². The van der Waals surface area contributed by atoms with Crippen molar-refractivity contribution in [2.75, 3.05) is 6.61 Å². The van der Waals surface area contributed by atoms with Gasteiger partial charge in [0, 0.05) is 43.0 Å². The molecule has 0 fully saturated rings. The molecule has 4 heteroatoms. The van der Waals surface area contributed by atoms with E-state index < -0.39 is 0 Å². The molecule has 110 valence electrons. The van der Waals surface area contributed by atoms with Crippen molar-refractivity contribution in [1.82, 2.24) is 14.9 Å². The van der Waals surface area contributed by atoms with Gasteiger partial charge in [-0.1, -0.05) is 6.92 Å². The van der Waals surface area contributed by atoms with E-state index >= 15 is 0 Å². The molecule has 2 N–H and O–H groups in total. The zero-order valence-corrected chi connectivity index (χ0v) is 12.8. The second-order valence-corrected chi connectivity index (χ2v) is 6.57. The predicted octanol–water partition coefficient (Wildman–Crippen LogP) is 2.55. The van der Waals surface area contributed by atoms with Gasteiger partial charge in [-0.3, -0.25) is 0 Å². The largest absolute Gasteiger partial charge is 0.396 e. The third kappa shape index (κ3) is 3.58. The Labute approximate surface area is 120 Å². The van der Waals surface area contributed by atoms with Crippen molar-refractivity contribution in [2.24, 2.45) is 5.92 Å². The molecule has 1 unspecified atom stereocenters. The van der Waals surface area contributed by atoms with Gasteiger partial charge in [-0.05, 0) is 44.4 Å². The molecule has 0 saturated heterocycles. The highest BCUT2D eigenvalue weighted by molar-refractivity contribution is 5.80. The number of fused-ring (bicyclic) bond motifs is 1. The minimum absolute atomic E-state index is 0.0923. The van der Waals surface area contributed by atoms with Crippen LogP contribution in [0, 0.1) is 5.92 Å². The van der Waals surface area contributed by atoms with Crippen LogP contribution in [0.3, 0.4) is 0 Å². The summed E-state index contributed by atoms with van der Waals surface area (Å²) in [5.41, 5.74) is 2.35. The van der Waals surface area contributed by atoms with E-state index in [9.17, 15) is 5.11 Å². The van der Waals surface area contributed by atoms with Crippen molar-refractivity contribution in [3.63, 3.8) is 0 Å². The molecule has 0 amide bonds. The van der Waals surface area contributed by atoms with Crippen LogP contribution in [0.25, 0.3) is 11.0 Å². The number of nitrogens with one attached hydrogen (secondary N) is 1. The van der Waals surface area contributed by atoms with Crippen LogP contribution < -0.4 is 5.32 Å². The monoisotopic (exact) mass is 275 g/mol. The molecule has 2 rings (SSSR count). The summed E-state index contributed by atoms with van der Waals surface area (Å²) < 4.78 is 2.15. The predicted molar refractivity (Wildman–Crippen MR) is 82.6 cm³/mol. The van der Waals surface area contributed by atoms with E-state index in [2.05, 4.69) is 47.9 Å². The second kappa shape index (κ2) is 5.94. The van der Waals surface area contributed by atoms with Gasteiger partial charge in [0.15, 0.2) is 0 Å². The Balaban J connectivity index is 2.30. The minimum Gasteiger partial charge on any atom is -0.396 e. The number of hydrogen-bond acceptors (Lipinski definition) is 3. The van der Waals surface area contributed by atoms with Crippen molar-refractivity contribution < 1.29 is 5.11 Å². The van der Waals surface area contributed by atoms with Crippen LogP contribution in [0.2, 0.25) is 0 Å². The smallest absolute Gasteiger partial charge is 0.140 e. The number of hydrogen-bond donors (Lipinski definition) is 2. The van der Waals surface area contributed by atoms with Gasteiger partial charge < -0.3 is 15.0 Å². The molecule has 0 aromatic carbocycles. The van der Waals surface area contributed by atoms with Crippen LogP contribution >= 0.6 is 0 Å². The van der Waals surface area contributed by atoms with Gasteiger partial charge in [-0.2, -0.15) is 0 Å². The SMILES string of the molecule is CC(CO)Cn1cc(CNC(C)(C)C)c2cccnc21. The lowest BCUT2D eigenvalue weighted by atomic mass is 10.1. The summed E-state index contributed by atoms with van der Waals surface area (Å²) in [6, 6.07) is 4.09. The zero-order chi connectivity index (χ0) is 14.8. The van der Waals surface area contributed by atoms with Gasteiger partial charge in [0.25, 0.3) is 0 Å². The Morgan fingerprint density at radius 2 is 2.15 bits per heavy atom. The molecule has 20 heavy (non-hydrogen) atoms. The summed E-state index contributed by atoms with van der Waals surface area (Å²) in [5.74, 6) is 0.232. The first-order valence-corrected chi connectivity index (χ1v) is 7.19. The minimum atomic E-state index is 0.0923. The van der Waals surface area contributed by atoms with Gasteiger partial charge in [0.1, 0.15) is 5.65 Å². The Kier molecular flexibility index (Phi) is 4.45. The van der Waals surface area contributed by atoms with E-state index in [-0.39, 0.29) is 18.1 Å². The second-order valence-electron chi connectivity index (χ2n) is 6.57. The van der Waals surface area contributed by atoms with Crippen LogP contribution in [0.15, 0.2) is 24.5 Å². The standard InChI is InChI=1S/C16H25N3O/c1-12(11-20)9-19-10-13(8-18-16(2,3)4)14-6-5-7-17-15(14)19/h5-7,10,12,18,20H,8-9,11H2,1-4H3. The van der Waals surface area contributed by atoms with Crippen molar-refractivity contribution in [3.8, 4) is 0 Å². The molecule has 0 aliphatic heterocycles. The number of rotatable bonds is 5. The van der Waals surface area contributed by atoms with E-state index in [1.807, 2.05) is 19.2 Å². The first-order valence-electron chi connectivity index (χ1n) is 7.19. The Morgan fingerprint density at radius 1 is 1.40 bits per heavy atom. The maximum atomic E-state index is 9.24. The highest BCUT2D eigenvalue weighted by Crippen LogP contribution is 2.21. The van der Waals surface area contributed by atoms with Crippen molar-refractivity contribution in [1.29, 1.82) is 0 Å². The van der Waals surface area contributed by atoms with Crippen molar-refractivity contribution >= 4 is 11.0 Å². The highest BCUT2D eigenvalue weighted by Gasteiger charge is 2.14. The summed E-state index contributed by atoms with van der Waals surface area (Å²) in [6.07, 6.45) is 3.98. The van der Waals surface area contributed by atoms with E-state index in [0.717, 1.165) is 18.7 Å². The first kappa shape index (κ1) is 15.0. The third-order valence-electron chi connectivity index (χ3n) is 3.35. The van der Waals surface area contributed by atoms with Gasteiger partial charge in [0.05, 0.1) is 0 Å². The molecule has 0 radical (unpaired) electrons. The molecule has 0 aliphatic carbocycles. The topological polar surface area (TPSA) is 50.1 Å². The Bertz CT molecular complexity index is 569. The Hall–Kier alpha value is -1.39. The van der Waals surface area contributed by atoms with E-state index in [4.69, 9.17) is 0 Å². The molecule has 2 aromatic rings. The van der Waals surface area contributed by atoms with Crippen LogP contribution in [-0.4, -0.2) is 26.8 Å². The summed E-state index contributed by atoms with van der Waals surface area (Å²) in [7, 11) is 0. The fraction of sp³-hybridized carbons (Fsp3) is 0.562. The van der Waals surface area contributed by atoms with Gasteiger partial charge >= 0.3 is 0 Å². The molecule has 2 heterocycles. The summed E-state index contributed by atoms with van der Waals surface area (Å²) in [6.45, 7) is 10.4. The molecule has 1 atom stereocenters. The fourth-order valence-corrected chi connectivity index (χ4v) is 2.23. The quantitative estimate of drug-likeness (QED) is 0.881. The van der Waals surface area contributed by atoms with Gasteiger partial charge in [-0.25, -0.2) is 4.98 Å². The third-order valence-corrected chi connectivity index (χ3v) is 3.35. The number of aromatic nitrogens is 2. The van der Waals surface area contributed by atoms with Gasteiger partial charge in [0.2, 0.25) is 0 Å². The first-order chi connectivity index (χ1) is 9.40. The van der Waals surface area contributed by atoms with Crippen molar-refractivity contribution in [2.45, 2.75) is 46.3 Å². The number of nitrogens with zero attached hydrogens (tertiary/aromatic N) is 2. The normalized spacial score (nSPS) is 13.8. The van der Waals surface area contributed by atoms with Crippen LogP contribution in [0.1, 0.15) is 33.3 Å². The Morgan fingerprint density at radius 3 is 2.80 bits per heavy atom. The average molecular weight is 275 g/mol. The van der Waals surface area contributed by atoms with E-state index in [1.165, 1.54) is 10.9 Å². The molecular formula is C16H25N3O. The summed E-state index contributed by atoms with van der Waals surface area (Å²) in [5, 5.41) is 13.9. The maximum absolute atomic E-state index is 9.24. The molecule has 0 aliphatic rings. The lowest BCUT2D eigenvalue weighted by Crippen LogP contribution is -2.35. The molecule has 2 aromatic heterocycles. The average Bonchev–Trinajstić information content (AvgIpc) is 2.74. The summed E-state index contributed by atoms with van der Waals surface area (Å²) in [4.78, 5) is 4.49. The van der Waals surface area contributed by atoms with E-state index in [1.54, 1.807) is 0 Å². The molecule has 4 nitrogen and oxygen atoms in total. The zero-order valence-electron chi connectivity index (χ0n) is 12.8. The summed E-state index contributed by atoms with van der Waals surface area (Å²) >= 11 is 0. The number of aliphatic hydroxyl groups is 1. The molecule has 0 bridgehead atoms. The van der Waals surface area contributed by atoms with Crippen LogP contribution in [-0.2, 0) is 13.1 Å². The number of pyridine rings is 1. The fourth-order valence-electron chi connectivity index (χ4n) is 2.23. The van der Waals surface area contributed by atoms with Gasteiger partial charge in [-0.15, -0.1) is 0 Å². The lowest BCUT2D eigenvalue weighted by Gasteiger charge is -2.20.